The molecular weight excluding hydrogens is 367 g/mol. The summed E-state index contributed by atoms with van der Waals surface area (Å²) in [5.41, 5.74) is 1.86. The first-order valence-corrected chi connectivity index (χ1v) is 8.98. The standard InChI is InChI=1S/C21H25FN2O2.ClH/c1-15(18-8-3-4-9-20(18)26-2)12-21(25)24-11-10-23-14-19(24)16-6-5-7-17(22)13-16;/h3-9,13,15,19,23H,10-12,14H2,1-2H3;1H. The largest absolute Gasteiger partial charge is 0.496 e. The molecule has 0 aromatic heterocycles. The number of rotatable bonds is 5. The van der Waals surface area contributed by atoms with Crippen LogP contribution in [0.15, 0.2) is 48.5 Å². The number of carbonyl (C=O) groups is 1. The number of hydrogen-bond donors (Lipinski definition) is 1. The van der Waals surface area contributed by atoms with E-state index >= 15 is 0 Å². The summed E-state index contributed by atoms with van der Waals surface area (Å²) in [5.74, 6) is 0.651. The molecule has 0 bridgehead atoms. The van der Waals surface area contributed by atoms with E-state index in [0.29, 0.717) is 19.5 Å². The van der Waals surface area contributed by atoms with E-state index in [2.05, 4.69) is 5.32 Å². The number of methoxy groups -OCH3 is 1. The molecule has 0 radical (unpaired) electrons. The zero-order chi connectivity index (χ0) is 18.5. The van der Waals surface area contributed by atoms with Gasteiger partial charge in [0.2, 0.25) is 5.91 Å². The number of amides is 1. The summed E-state index contributed by atoms with van der Waals surface area (Å²) in [7, 11) is 1.64. The third-order valence-electron chi connectivity index (χ3n) is 4.95. The second kappa shape index (κ2) is 9.72. The van der Waals surface area contributed by atoms with Crippen LogP contribution in [-0.2, 0) is 4.79 Å². The molecule has 1 aliphatic rings. The highest BCUT2D eigenvalue weighted by atomic mass is 35.5. The Kier molecular flexibility index (Phi) is 7.63. The van der Waals surface area contributed by atoms with Crippen LogP contribution in [-0.4, -0.2) is 37.6 Å². The molecule has 3 rings (SSSR count). The van der Waals surface area contributed by atoms with Gasteiger partial charge in [0.05, 0.1) is 13.2 Å². The Morgan fingerprint density at radius 1 is 1.30 bits per heavy atom. The molecule has 0 spiro atoms. The minimum Gasteiger partial charge on any atom is -0.496 e. The van der Waals surface area contributed by atoms with Crippen LogP contribution in [0.4, 0.5) is 4.39 Å². The van der Waals surface area contributed by atoms with Crippen LogP contribution in [0.2, 0.25) is 0 Å². The van der Waals surface area contributed by atoms with Crippen LogP contribution in [0.25, 0.3) is 0 Å². The Bertz CT molecular complexity index is 771. The van der Waals surface area contributed by atoms with Gasteiger partial charge in [-0.25, -0.2) is 4.39 Å². The third kappa shape index (κ3) is 4.99. The summed E-state index contributed by atoms with van der Waals surface area (Å²) in [5, 5.41) is 3.30. The maximum Gasteiger partial charge on any atom is 0.223 e. The fraction of sp³-hybridized carbons (Fsp3) is 0.381. The highest BCUT2D eigenvalue weighted by Gasteiger charge is 2.29. The first-order chi connectivity index (χ1) is 12.6. The summed E-state index contributed by atoms with van der Waals surface area (Å²) < 4.78 is 19.0. The van der Waals surface area contributed by atoms with Crippen LogP contribution in [0.5, 0.6) is 5.75 Å². The zero-order valence-corrected chi connectivity index (χ0v) is 16.5. The van der Waals surface area contributed by atoms with E-state index in [-0.39, 0.29) is 36.1 Å². The molecule has 2 aromatic rings. The zero-order valence-electron chi connectivity index (χ0n) is 15.7. The van der Waals surface area contributed by atoms with Crippen molar-refractivity contribution in [3.63, 3.8) is 0 Å². The number of ether oxygens (including phenoxy) is 1. The fourth-order valence-corrected chi connectivity index (χ4v) is 3.58. The second-order valence-corrected chi connectivity index (χ2v) is 6.71. The summed E-state index contributed by atoms with van der Waals surface area (Å²) in [4.78, 5) is 14.9. The number of nitrogens with one attached hydrogen (secondary N) is 1. The van der Waals surface area contributed by atoms with Gasteiger partial charge in [0, 0.05) is 26.1 Å². The molecule has 6 heteroatoms. The smallest absolute Gasteiger partial charge is 0.223 e. The van der Waals surface area contributed by atoms with Crippen LogP contribution in [0, 0.1) is 5.82 Å². The SMILES string of the molecule is COc1ccccc1C(C)CC(=O)N1CCNCC1c1cccc(F)c1.Cl. The average Bonchev–Trinajstić information content (AvgIpc) is 2.67. The van der Waals surface area contributed by atoms with Gasteiger partial charge in [0.15, 0.2) is 0 Å². The van der Waals surface area contributed by atoms with Crippen molar-refractivity contribution in [2.45, 2.75) is 25.3 Å². The van der Waals surface area contributed by atoms with Gasteiger partial charge in [-0.3, -0.25) is 4.79 Å². The normalized spacial score (nSPS) is 17.7. The van der Waals surface area contributed by atoms with Gasteiger partial charge in [-0.1, -0.05) is 37.3 Å². The van der Waals surface area contributed by atoms with Crippen molar-refractivity contribution in [2.75, 3.05) is 26.7 Å². The Morgan fingerprint density at radius 3 is 2.81 bits per heavy atom. The molecule has 146 valence electrons. The monoisotopic (exact) mass is 392 g/mol. The third-order valence-corrected chi connectivity index (χ3v) is 4.95. The number of para-hydroxylation sites is 1. The van der Waals surface area contributed by atoms with Gasteiger partial charge >= 0.3 is 0 Å². The van der Waals surface area contributed by atoms with Crippen molar-refractivity contribution in [1.82, 2.24) is 10.2 Å². The number of halogens is 2. The lowest BCUT2D eigenvalue weighted by Crippen LogP contribution is -2.48. The van der Waals surface area contributed by atoms with Crippen molar-refractivity contribution in [3.8, 4) is 5.75 Å². The number of benzene rings is 2. The average molecular weight is 393 g/mol. The van der Waals surface area contributed by atoms with Gasteiger partial charge in [-0.05, 0) is 35.2 Å². The van der Waals surface area contributed by atoms with E-state index in [4.69, 9.17) is 4.74 Å². The lowest BCUT2D eigenvalue weighted by atomic mass is 9.95. The topological polar surface area (TPSA) is 41.6 Å². The predicted octanol–water partition coefficient (Wildman–Crippen LogP) is 3.92. The number of piperazine rings is 1. The fourth-order valence-electron chi connectivity index (χ4n) is 3.58. The van der Waals surface area contributed by atoms with Crippen molar-refractivity contribution in [2.24, 2.45) is 0 Å². The molecule has 27 heavy (non-hydrogen) atoms. The van der Waals surface area contributed by atoms with Crippen LogP contribution in [0.1, 0.15) is 36.4 Å². The maximum atomic E-state index is 13.6. The summed E-state index contributed by atoms with van der Waals surface area (Å²) in [6, 6.07) is 14.2. The van der Waals surface area contributed by atoms with Gasteiger partial charge in [0.25, 0.3) is 0 Å². The highest BCUT2D eigenvalue weighted by Crippen LogP contribution is 2.31. The van der Waals surface area contributed by atoms with Gasteiger partial charge in [0.1, 0.15) is 11.6 Å². The predicted molar refractivity (Wildman–Crippen MR) is 107 cm³/mol. The molecule has 0 saturated carbocycles. The van der Waals surface area contributed by atoms with Gasteiger partial charge in [-0.2, -0.15) is 0 Å². The summed E-state index contributed by atoms with van der Waals surface area (Å²) in [6.45, 7) is 4.05. The van der Waals surface area contributed by atoms with E-state index in [1.807, 2.05) is 42.2 Å². The summed E-state index contributed by atoms with van der Waals surface area (Å²) in [6.07, 6.45) is 0.395. The Labute approximate surface area is 166 Å². The summed E-state index contributed by atoms with van der Waals surface area (Å²) >= 11 is 0. The van der Waals surface area contributed by atoms with Gasteiger partial charge in [-0.15, -0.1) is 12.4 Å². The molecule has 2 aromatic carbocycles. The van der Waals surface area contributed by atoms with E-state index in [9.17, 15) is 9.18 Å². The first-order valence-electron chi connectivity index (χ1n) is 8.98. The number of hydrogen-bond acceptors (Lipinski definition) is 3. The van der Waals surface area contributed by atoms with Crippen molar-refractivity contribution in [3.05, 3.63) is 65.5 Å². The lowest BCUT2D eigenvalue weighted by molar-refractivity contribution is -0.134. The minimum atomic E-state index is -0.275. The van der Waals surface area contributed by atoms with Crippen molar-refractivity contribution >= 4 is 18.3 Å². The Balaban J connectivity index is 0.00000261. The molecule has 2 atom stereocenters. The molecule has 1 heterocycles. The quantitative estimate of drug-likeness (QED) is 0.838. The van der Waals surface area contributed by atoms with Crippen LogP contribution < -0.4 is 10.1 Å². The lowest BCUT2D eigenvalue weighted by Gasteiger charge is -2.37. The van der Waals surface area contributed by atoms with E-state index in [0.717, 1.165) is 23.4 Å². The maximum absolute atomic E-state index is 13.6. The van der Waals surface area contributed by atoms with Crippen molar-refractivity contribution in [1.29, 1.82) is 0 Å². The molecular formula is C21H26ClFN2O2. The molecule has 1 N–H and O–H groups in total. The molecule has 1 saturated heterocycles. The highest BCUT2D eigenvalue weighted by molar-refractivity contribution is 5.85. The van der Waals surface area contributed by atoms with Crippen LogP contribution >= 0.6 is 12.4 Å². The van der Waals surface area contributed by atoms with Crippen molar-refractivity contribution < 1.29 is 13.9 Å². The Hall–Kier alpha value is -2.11. The van der Waals surface area contributed by atoms with E-state index in [1.54, 1.807) is 13.2 Å². The molecule has 2 unspecified atom stereocenters. The molecule has 1 fully saturated rings. The van der Waals surface area contributed by atoms with Gasteiger partial charge < -0.3 is 15.0 Å². The second-order valence-electron chi connectivity index (χ2n) is 6.71. The molecule has 0 aliphatic carbocycles. The van der Waals surface area contributed by atoms with E-state index < -0.39 is 0 Å². The minimum absolute atomic E-state index is 0. The first kappa shape index (κ1) is 21.2. The molecule has 1 aliphatic heterocycles. The molecule has 4 nitrogen and oxygen atoms in total. The number of carbonyl (C=O) groups excluding carboxylic acids is 1. The van der Waals surface area contributed by atoms with Crippen LogP contribution in [0.3, 0.4) is 0 Å². The Morgan fingerprint density at radius 2 is 2.07 bits per heavy atom. The van der Waals surface area contributed by atoms with E-state index in [1.165, 1.54) is 12.1 Å². The number of nitrogens with zero attached hydrogens (tertiary/aromatic N) is 1. The molecule has 1 amide bonds.